The van der Waals surface area contributed by atoms with E-state index < -0.39 is 27.5 Å². The van der Waals surface area contributed by atoms with Crippen molar-refractivity contribution in [2.75, 3.05) is 19.3 Å². The van der Waals surface area contributed by atoms with Crippen LogP contribution in [0.25, 0.3) is 0 Å². The molecular formula is C13H16BrNO5S. The zero-order chi connectivity index (χ0) is 16.0. The zero-order valence-electron chi connectivity index (χ0n) is 11.5. The molecular weight excluding hydrogens is 362 g/mol. The fourth-order valence-corrected chi connectivity index (χ4v) is 3.24. The van der Waals surface area contributed by atoms with Crippen LogP contribution in [0.15, 0.2) is 28.7 Å². The number of nitrogens with zero attached hydrogens (tertiary/aromatic N) is 1. The van der Waals surface area contributed by atoms with Crippen LogP contribution in [0.4, 0.5) is 0 Å². The maximum Gasteiger partial charge on any atom is 0.305 e. The number of carbonyl (C=O) groups is 2. The highest BCUT2D eigenvalue weighted by Crippen LogP contribution is 2.13. The second-order valence-corrected chi connectivity index (χ2v) is 7.60. The van der Waals surface area contributed by atoms with Crippen LogP contribution in [0.5, 0.6) is 0 Å². The van der Waals surface area contributed by atoms with Crippen molar-refractivity contribution in [2.24, 2.45) is 0 Å². The molecule has 0 radical (unpaired) electrons. The van der Waals surface area contributed by atoms with Gasteiger partial charge in [-0.05, 0) is 17.7 Å². The van der Waals surface area contributed by atoms with Crippen molar-refractivity contribution < 1.29 is 23.1 Å². The van der Waals surface area contributed by atoms with Crippen LogP contribution in [0.2, 0.25) is 0 Å². The average molecular weight is 378 g/mol. The lowest BCUT2D eigenvalue weighted by Crippen LogP contribution is -2.34. The topological polar surface area (TPSA) is 91.8 Å². The molecule has 1 aromatic rings. The third kappa shape index (κ3) is 6.72. The van der Waals surface area contributed by atoms with Gasteiger partial charge in [0.15, 0.2) is 9.84 Å². The van der Waals surface area contributed by atoms with Gasteiger partial charge in [0.2, 0.25) is 5.91 Å². The van der Waals surface area contributed by atoms with Gasteiger partial charge in [-0.3, -0.25) is 9.59 Å². The molecule has 1 N–H and O–H groups in total. The van der Waals surface area contributed by atoms with Crippen molar-refractivity contribution >= 4 is 37.6 Å². The number of hydrogen-bond donors (Lipinski definition) is 1. The SMILES string of the molecule is CN(CCC(=O)O)C(=O)CS(=O)(=O)Cc1ccc(Br)cc1. The number of amides is 1. The fourth-order valence-electron chi connectivity index (χ4n) is 1.57. The second kappa shape index (κ2) is 7.56. The number of carboxylic acid groups (broad SMARTS) is 1. The number of carbonyl (C=O) groups excluding carboxylic acids is 1. The number of aliphatic carboxylic acids is 1. The van der Waals surface area contributed by atoms with Crippen LogP contribution in [0, 0.1) is 0 Å². The molecule has 116 valence electrons. The molecule has 0 atom stereocenters. The van der Waals surface area contributed by atoms with Crippen LogP contribution in [-0.4, -0.2) is 49.6 Å². The number of hydrogen-bond acceptors (Lipinski definition) is 4. The molecule has 0 saturated heterocycles. The fraction of sp³-hybridized carbons (Fsp3) is 0.385. The number of carboxylic acids is 1. The van der Waals surface area contributed by atoms with Gasteiger partial charge in [0.1, 0.15) is 5.75 Å². The standard InChI is InChI=1S/C13H16BrNO5S/c1-15(7-6-13(17)18)12(16)9-21(19,20)8-10-2-4-11(14)5-3-10/h2-5H,6-9H2,1H3,(H,17,18). The summed E-state index contributed by atoms with van der Waals surface area (Å²) >= 11 is 3.26. The van der Waals surface area contributed by atoms with Gasteiger partial charge >= 0.3 is 5.97 Å². The second-order valence-electron chi connectivity index (χ2n) is 4.62. The van der Waals surface area contributed by atoms with E-state index in [4.69, 9.17) is 5.11 Å². The first kappa shape index (κ1) is 17.6. The summed E-state index contributed by atoms with van der Waals surface area (Å²) in [7, 11) is -2.19. The predicted molar refractivity (Wildman–Crippen MR) is 81.5 cm³/mol. The Balaban J connectivity index is 2.61. The van der Waals surface area contributed by atoms with Crippen molar-refractivity contribution in [3.8, 4) is 0 Å². The van der Waals surface area contributed by atoms with Gasteiger partial charge in [-0.2, -0.15) is 0 Å². The van der Waals surface area contributed by atoms with E-state index in [1.807, 2.05) is 0 Å². The molecule has 1 aromatic carbocycles. The summed E-state index contributed by atoms with van der Waals surface area (Å²) in [6, 6.07) is 6.79. The average Bonchev–Trinajstić information content (AvgIpc) is 2.37. The Hall–Kier alpha value is -1.41. The monoisotopic (exact) mass is 377 g/mol. The molecule has 0 fully saturated rings. The molecule has 1 rings (SSSR count). The van der Waals surface area contributed by atoms with E-state index in [0.29, 0.717) is 5.56 Å². The first-order chi connectivity index (χ1) is 9.69. The quantitative estimate of drug-likeness (QED) is 0.772. The first-order valence-electron chi connectivity index (χ1n) is 6.10. The highest BCUT2D eigenvalue weighted by atomic mass is 79.9. The summed E-state index contributed by atoms with van der Waals surface area (Å²) < 4.78 is 24.8. The predicted octanol–water partition coefficient (Wildman–Crippen LogP) is 1.30. The Labute approximate surface area is 131 Å². The van der Waals surface area contributed by atoms with Gasteiger partial charge in [0.05, 0.1) is 12.2 Å². The molecule has 6 nitrogen and oxygen atoms in total. The van der Waals surface area contributed by atoms with E-state index in [0.717, 1.165) is 9.37 Å². The summed E-state index contributed by atoms with van der Waals surface area (Å²) in [5.74, 6) is -2.49. The zero-order valence-corrected chi connectivity index (χ0v) is 13.9. The Kier molecular flexibility index (Phi) is 6.35. The summed E-state index contributed by atoms with van der Waals surface area (Å²) in [6.07, 6.45) is -0.213. The summed E-state index contributed by atoms with van der Waals surface area (Å²) in [6.45, 7) is -0.0119. The van der Waals surface area contributed by atoms with Gasteiger partial charge < -0.3 is 10.0 Å². The molecule has 0 spiro atoms. The Morgan fingerprint density at radius 2 is 1.81 bits per heavy atom. The van der Waals surface area contributed by atoms with E-state index in [1.54, 1.807) is 24.3 Å². The molecule has 0 aromatic heterocycles. The van der Waals surface area contributed by atoms with Crippen LogP contribution in [0.3, 0.4) is 0 Å². The molecule has 21 heavy (non-hydrogen) atoms. The number of sulfone groups is 1. The maximum atomic E-state index is 12.0. The van der Waals surface area contributed by atoms with Crippen LogP contribution >= 0.6 is 15.9 Å². The normalized spacial score (nSPS) is 11.1. The van der Waals surface area contributed by atoms with Gasteiger partial charge in [-0.25, -0.2) is 8.42 Å². The molecule has 0 unspecified atom stereocenters. The summed E-state index contributed by atoms with van der Waals surface area (Å²) in [5, 5.41) is 8.53. The lowest BCUT2D eigenvalue weighted by Gasteiger charge is -2.16. The lowest BCUT2D eigenvalue weighted by molar-refractivity contribution is -0.137. The van der Waals surface area contributed by atoms with E-state index >= 15 is 0 Å². The molecule has 0 aliphatic rings. The molecule has 0 aliphatic carbocycles. The number of halogens is 1. The summed E-state index contributed by atoms with van der Waals surface area (Å²) in [5.41, 5.74) is 0.596. The summed E-state index contributed by atoms with van der Waals surface area (Å²) in [4.78, 5) is 23.3. The molecule has 0 aliphatic heterocycles. The van der Waals surface area contributed by atoms with Gasteiger partial charge in [-0.1, -0.05) is 28.1 Å². The van der Waals surface area contributed by atoms with Crippen LogP contribution < -0.4 is 0 Å². The minimum Gasteiger partial charge on any atom is -0.481 e. The van der Waals surface area contributed by atoms with Gasteiger partial charge in [0.25, 0.3) is 0 Å². The van der Waals surface area contributed by atoms with Crippen molar-refractivity contribution in [2.45, 2.75) is 12.2 Å². The Morgan fingerprint density at radius 3 is 2.33 bits per heavy atom. The lowest BCUT2D eigenvalue weighted by atomic mass is 10.2. The first-order valence-corrected chi connectivity index (χ1v) is 8.71. The Morgan fingerprint density at radius 1 is 1.24 bits per heavy atom. The third-order valence-electron chi connectivity index (χ3n) is 2.73. The van der Waals surface area contributed by atoms with Crippen LogP contribution in [0.1, 0.15) is 12.0 Å². The molecule has 0 saturated carbocycles. The minimum atomic E-state index is -3.58. The van der Waals surface area contributed by atoms with Gasteiger partial charge in [0, 0.05) is 18.1 Å². The van der Waals surface area contributed by atoms with E-state index in [9.17, 15) is 18.0 Å². The number of rotatable bonds is 7. The maximum absolute atomic E-state index is 12.0. The Bertz CT molecular complexity index is 612. The van der Waals surface area contributed by atoms with E-state index in [1.165, 1.54) is 7.05 Å². The van der Waals surface area contributed by atoms with Crippen molar-refractivity contribution in [3.63, 3.8) is 0 Å². The van der Waals surface area contributed by atoms with Gasteiger partial charge in [-0.15, -0.1) is 0 Å². The van der Waals surface area contributed by atoms with Crippen molar-refractivity contribution in [3.05, 3.63) is 34.3 Å². The van der Waals surface area contributed by atoms with Crippen molar-refractivity contribution in [1.29, 1.82) is 0 Å². The van der Waals surface area contributed by atoms with E-state index in [2.05, 4.69) is 15.9 Å². The van der Waals surface area contributed by atoms with E-state index in [-0.39, 0.29) is 18.7 Å². The largest absolute Gasteiger partial charge is 0.481 e. The highest BCUT2D eigenvalue weighted by molar-refractivity contribution is 9.10. The molecule has 0 bridgehead atoms. The van der Waals surface area contributed by atoms with Crippen LogP contribution in [-0.2, 0) is 25.2 Å². The molecule has 1 amide bonds. The molecule has 0 heterocycles. The highest BCUT2D eigenvalue weighted by Gasteiger charge is 2.20. The third-order valence-corrected chi connectivity index (χ3v) is 4.72. The van der Waals surface area contributed by atoms with Crippen molar-refractivity contribution in [1.82, 2.24) is 4.90 Å². The number of benzene rings is 1. The molecule has 8 heteroatoms. The minimum absolute atomic E-state index is 0.0119. The smallest absolute Gasteiger partial charge is 0.305 e.